The Morgan fingerprint density at radius 2 is 1.75 bits per heavy atom. The first-order valence-electron chi connectivity index (χ1n) is 12.0. The van der Waals surface area contributed by atoms with Crippen LogP contribution in [0, 0.1) is 11.8 Å². The number of rotatable bonds is 8. The summed E-state index contributed by atoms with van der Waals surface area (Å²) >= 11 is 0. The molecule has 8 heteroatoms. The molecule has 2 atom stereocenters. The van der Waals surface area contributed by atoms with E-state index in [1.54, 1.807) is 18.2 Å². The van der Waals surface area contributed by atoms with Crippen molar-refractivity contribution in [1.29, 1.82) is 0 Å². The molecule has 0 saturated carbocycles. The van der Waals surface area contributed by atoms with Crippen LogP contribution < -0.4 is 10.2 Å². The summed E-state index contributed by atoms with van der Waals surface area (Å²) in [6.45, 7) is 10.2. The number of nitrogens with one attached hydrogen (secondary N) is 1. The molecule has 7 nitrogen and oxygen atoms in total. The molecule has 2 saturated heterocycles. The molecule has 2 aliphatic heterocycles. The lowest BCUT2D eigenvalue weighted by atomic mass is 9.92. The third-order valence-electron chi connectivity index (χ3n) is 6.57. The van der Waals surface area contributed by atoms with Crippen LogP contribution in [0.25, 0.3) is 0 Å². The van der Waals surface area contributed by atoms with Gasteiger partial charge in [0.2, 0.25) is 10.0 Å². The number of anilines is 1. The summed E-state index contributed by atoms with van der Waals surface area (Å²) in [5.41, 5.74) is 1.29. The number of piperidine rings is 2. The highest BCUT2D eigenvalue weighted by Crippen LogP contribution is 2.28. The topological polar surface area (TPSA) is 73.0 Å². The molecule has 2 fully saturated rings. The molecule has 32 heavy (non-hydrogen) atoms. The molecular weight excluding hydrogens is 424 g/mol. The SMILES string of the molecule is CC1CC(C)CN(CCCNC(=O)c2cc(S(=O)(=O)N(C)C)ccc2N2CCCCC2)C1. The fraction of sp³-hybridized carbons (Fsp3) is 0.708. The van der Waals surface area contributed by atoms with Crippen molar-refractivity contribution in [2.24, 2.45) is 11.8 Å². The Hall–Kier alpha value is -1.64. The monoisotopic (exact) mass is 464 g/mol. The summed E-state index contributed by atoms with van der Waals surface area (Å²) in [5, 5.41) is 3.05. The lowest BCUT2D eigenvalue weighted by molar-refractivity contribution is 0.0947. The van der Waals surface area contributed by atoms with Gasteiger partial charge in [-0.1, -0.05) is 13.8 Å². The summed E-state index contributed by atoms with van der Waals surface area (Å²) < 4.78 is 26.5. The first kappa shape index (κ1) is 25.0. The van der Waals surface area contributed by atoms with Crippen LogP contribution in [0.2, 0.25) is 0 Å². The van der Waals surface area contributed by atoms with Gasteiger partial charge in [-0.25, -0.2) is 12.7 Å². The number of carbonyl (C=O) groups is 1. The summed E-state index contributed by atoms with van der Waals surface area (Å²) in [7, 11) is -0.583. The molecule has 1 aromatic rings. The van der Waals surface area contributed by atoms with Crippen LogP contribution in [-0.2, 0) is 10.0 Å². The number of carbonyl (C=O) groups excluding carboxylic acids is 1. The van der Waals surface area contributed by atoms with Crippen molar-refractivity contribution in [2.75, 3.05) is 58.3 Å². The number of hydrogen-bond donors (Lipinski definition) is 1. The predicted octanol–water partition coefficient (Wildman–Crippen LogP) is 3.03. The second-order valence-corrected chi connectivity index (χ2v) is 12.0. The third-order valence-corrected chi connectivity index (χ3v) is 8.38. The highest BCUT2D eigenvalue weighted by atomic mass is 32.2. The van der Waals surface area contributed by atoms with E-state index in [2.05, 4.69) is 29.0 Å². The highest BCUT2D eigenvalue weighted by Gasteiger charge is 2.24. The summed E-state index contributed by atoms with van der Waals surface area (Å²) in [6.07, 6.45) is 5.55. The molecule has 2 heterocycles. The van der Waals surface area contributed by atoms with E-state index in [-0.39, 0.29) is 10.8 Å². The van der Waals surface area contributed by atoms with Crippen LogP contribution in [0.3, 0.4) is 0 Å². The predicted molar refractivity (Wildman–Crippen MR) is 130 cm³/mol. The average molecular weight is 465 g/mol. The molecule has 0 radical (unpaired) electrons. The second kappa shape index (κ2) is 11.0. The molecule has 2 aliphatic rings. The first-order valence-corrected chi connectivity index (χ1v) is 13.4. The molecule has 1 aromatic carbocycles. The van der Waals surface area contributed by atoms with Crippen molar-refractivity contribution in [1.82, 2.24) is 14.5 Å². The highest BCUT2D eigenvalue weighted by molar-refractivity contribution is 7.89. The van der Waals surface area contributed by atoms with Crippen molar-refractivity contribution >= 4 is 21.6 Å². The Labute approximate surface area is 194 Å². The van der Waals surface area contributed by atoms with Crippen molar-refractivity contribution < 1.29 is 13.2 Å². The normalized spacial score (nSPS) is 22.8. The minimum atomic E-state index is -3.60. The maximum atomic E-state index is 13.2. The maximum absolute atomic E-state index is 13.2. The van der Waals surface area contributed by atoms with Gasteiger partial charge in [-0.2, -0.15) is 0 Å². The first-order chi connectivity index (χ1) is 15.2. The number of amides is 1. The van der Waals surface area contributed by atoms with E-state index >= 15 is 0 Å². The quantitative estimate of drug-likeness (QED) is 0.599. The minimum absolute atomic E-state index is 0.157. The minimum Gasteiger partial charge on any atom is -0.371 e. The summed E-state index contributed by atoms with van der Waals surface area (Å²) in [5.74, 6) is 1.26. The number of nitrogens with zero attached hydrogens (tertiary/aromatic N) is 3. The Bertz CT molecular complexity index is 871. The Kier molecular flexibility index (Phi) is 8.58. The van der Waals surface area contributed by atoms with Crippen molar-refractivity contribution in [3.8, 4) is 0 Å². The van der Waals surface area contributed by atoms with Crippen molar-refractivity contribution in [3.05, 3.63) is 23.8 Å². The standard InChI is InChI=1S/C24H40N4O3S/c1-19-15-20(2)18-27(17-19)12-8-11-25-24(29)22-16-21(32(30,31)26(3)4)9-10-23(22)28-13-6-5-7-14-28/h9-10,16,19-20H,5-8,11-15,17-18H2,1-4H3,(H,25,29). The molecule has 3 rings (SSSR count). The van der Waals surface area contributed by atoms with Crippen LogP contribution in [0.4, 0.5) is 5.69 Å². The van der Waals surface area contributed by atoms with Gasteiger partial charge in [0.25, 0.3) is 5.91 Å². The van der Waals surface area contributed by atoms with E-state index in [9.17, 15) is 13.2 Å². The smallest absolute Gasteiger partial charge is 0.253 e. The summed E-state index contributed by atoms with van der Waals surface area (Å²) in [4.78, 5) is 18.0. The van der Waals surface area contributed by atoms with Crippen LogP contribution in [0.1, 0.15) is 56.3 Å². The van der Waals surface area contributed by atoms with Crippen LogP contribution in [-0.4, -0.2) is 76.9 Å². The molecular formula is C24H40N4O3S. The lowest BCUT2D eigenvalue weighted by Crippen LogP contribution is -2.40. The van der Waals surface area contributed by atoms with E-state index in [4.69, 9.17) is 0 Å². The van der Waals surface area contributed by atoms with E-state index in [1.807, 2.05) is 0 Å². The molecule has 1 amide bonds. The second-order valence-electron chi connectivity index (χ2n) is 9.83. The van der Waals surface area contributed by atoms with Gasteiger partial charge in [0.1, 0.15) is 0 Å². The van der Waals surface area contributed by atoms with E-state index < -0.39 is 10.0 Å². The molecule has 2 unspecified atom stereocenters. The third kappa shape index (κ3) is 6.23. The molecule has 1 N–H and O–H groups in total. The van der Waals surface area contributed by atoms with Crippen LogP contribution in [0.5, 0.6) is 0 Å². The molecule has 0 aliphatic carbocycles. The van der Waals surface area contributed by atoms with Gasteiger partial charge in [-0.15, -0.1) is 0 Å². The lowest BCUT2D eigenvalue weighted by Gasteiger charge is -2.35. The van der Waals surface area contributed by atoms with Crippen molar-refractivity contribution in [3.63, 3.8) is 0 Å². The van der Waals surface area contributed by atoms with Gasteiger partial charge in [-0.3, -0.25) is 4.79 Å². The van der Waals surface area contributed by atoms with Gasteiger partial charge in [0.05, 0.1) is 10.5 Å². The molecule has 0 bridgehead atoms. The molecule has 0 spiro atoms. The zero-order chi connectivity index (χ0) is 23.3. The number of hydrogen-bond acceptors (Lipinski definition) is 5. The number of likely N-dealkylation sites (tertiary alicyclic amines) is 1. The fourth-order valence-corrected chi connectivity index (χ4v) is 5.98. The zero-order valence-corrected chi connectivity index (χ0v) is 21.0. The van der Waals surface area contributed by atoms with Gasteiger partial charge < -0.3 is 15.1 Å². The average Bonchev–Trinajstić information content (AvgIpc) is 2.76. The summed E-state index contributed by atoms with van der Waals surface area (Å²) in [6, 6.07) is 4.96. The van der Waals surface area contributed by atoms with Crippen molar-refractivity contribution in [2.45, 2.75) is 50.8 Å². The number of benzene rings is 1. The zero-order valence-electron chi connectivity index (χ0n) is 20.1. The van der Waals surface area contributed by atoms with Gasteiger partial charge in [0, 0.05) is 52.5 Å². The van der Waals surface area contributed by atoms with Crippen LogP contribution in [0.15, 0.2) is 23.1 Å². The van der Waals surface area contributed by atoms with Gasteiger partial charge >= 0.3 is 0 Å². The Morgan fingerprint density at radius 3 is 2.38 bits per heavy atom. The Balaban J connectivity index is 1.69. The Morgan fingerprint density at radius 1 is 1.09 bits per heavy atom. The van der Waals surface area contributed by atoms with Crippen LogP contribution >= 0.6 is 0 Å². The van der Waals surface area contributed by atoms with E-state index in [0.717, 1.165) is 69.5 Å². The largest absolute Gasteiger partial charge is 0.371 e. The number of sulfonamides is 1. The molecule has 0 aromatic heterocycles. The fourth-order valence-electron chi connectivity index (χ4n) is 5.05. The van der Waals surface area contributed by atoms with Gasteiger partial charge in [0.15, 0.2) is 0 Å². The van der Waals surface area contributed by atoms with E-state index in [0.29, 0.717) is 12.1 Å². The van der Waals surface area contributed by atoms with Gasteiger partial charge in [-0.05, 0) is 68.7 Å². The molecule has 180 valence electrons. The van der Waals surface area contributed by atoms with E-state index in [1.165, 1.54) is 31.2 Å². The maximum Gasteiger partial charge on any atom is 0.253 e.